The molecule has 0 spiro atoms. The van der Waals surface area contributed by atoms with Gasteiger partial charge in [0.15, 0.2) is 5.82 Å². The number of hydrogen-bond donors (Lipinski definition) is 1. The van der Waals surface area contributed by atoms with Crippen molar-refractivity contribution in [2.24, 2.45) is 0 Å². The van der Waals surface area contributed by atoms with E-state index in [1.54, 1.807) is 6.92 Å². The van der Waals surface area contributed by atoms with Crippen LogP contribution in [0.2, 0.25) is 0 Å². The van der Waals surface area contributed by atoms with Gasteiger partial charge in [-0.25, -0.2) is 13.8 Å². The van der Waals surface area contributed by atoms with Gasteiger partial charge >= 0.3 is 0 Å². The van der Waals surface area contributed by atoms with E-state index in [0.29, 0.717) is 11.6 Å². The number of H-pyrrole nitrogens is 1. The molecule has 7 heteroatoms. The molecule has 0 aliphatic rings. The third-order valence-electron chi connectivity index (χ3n) is 2.48. The molecule has 0 aliphatic carbocycles. The monoisotopic (exact) mass is 266 g/mol. The molecule has 1 amide bonds. The number of rotatable bonds is 3. The Kier molecular flexibility index (Phi) is 3.55. The van der Waals surface area contributed by atoms with Gasteiger partial charge in [0, 0.05) is 18.7 Å². The summed E-state index contributed by atoms with van der Waals surface area (Å²) in [5.74, 6) is -1.00. The molecule has 0 aliphatic heterocycles. The summed E-state index contributed by atoms with van der Waals surface area (Å²) in [4.78, 5) is 17.3. The predicted octanol–water partition coefficient (Wildman–Crippen LogP) is 1.66. The molecule has 0 fully saturated rings. The fraction of sp³-hybridized carbons (Fsp3) is 0.250. The van der Waals surface area contributed by atoms with Crippen molar-refractivity contribution >= 4 is 5.91 Å². The highest BCUT2D eigenvalue weighted by Gasteiger charge is 2.15. The molecule has 0 atom stereocenters. The zero-order valence-electron chi connectivity index (χ0n) is 10.4. The summed E-state index contributed by atoms with van der Waals surface area (Å²) in [6, 6.07) is 2.70. The molecule has 0 unspecified atom stereocenters. The van der Waals surface area contributed by atoms with Crippen LogP contribution in [0.3, 0.4) is 0 Å². The number of aryl methyl sites for hydroxylation is 1. The lowest BCUT2D eigenvalue weighted by molar-refractivity contribution is 0.0780. The van der Waals surface area contributed by atoms with E-state index in [2.05, 4.69) is 15.2 Å². The van der Waals surface area contributed by atoms with Crippen molar-refractivity contribution in [3.63, 3.8) is 0 Å². The second-order valence-electron chi connectivity index (χ2n) is 4.16. The molecule has 1 aromatic carbocycles. The molecule has 2 aromatic rings. The number of nitrogens with one attached hydrogen (secondary N) is 1. The highest BCUT2D eigenvalue weighted by Crippen LogP contribution is 2.11. The van der Waals surface area contributed by atoms with Crippen molar-refractivity contribution in [2.75, 3.05) is 7.05 Å². The minimum Gasteiger partial charge on any atom is -0.334 e. The molecular formula is C12H12F2N4O. The van der Waals surface area contributed by atoms with Crippen LogP contribution >= 0.6 is 0 Å². The second kappa shape index (κ2) is 5.13. The van der Waals surface area contributed by atoms with E-state index in [-0.39, 0.29) is 12.1 Å². The second-order valence-corrected chi connectivity index (χ2v) is 4.16. The van der Waals surface area contributed by atoms with Crippen molar-refractivity contribution in [1.29, 1.82) is 0 Å². The molecule has 1 N–H and O–H groups in total. The Hall–Kier alpha value is -2.31. The van der Waals surface area contributed by atoms with E-state index >= 15 is 0 Å². The van der Waals surface area contributed by atoms with E-state index in [1.807, 2.05) is 0 Å². The van der Waals surface area contributed by atoms with Crippen LogP contribution in [0, 0.1) is 18.6 Å². The van der Waals surface area contributed by atoms with E-state index in [0.717, 1.165) is 18.2 Å². The number of halogens is 2. The molecule has 1 heterocycles. The number of amides is 1. The topological polar surface area (TPSA) is 61.9 Å². The molecule has 0 radical (unpaired) electrons. The zero-order valence-corrected chi connectivity index (χ0v) is 10.4. The normalized spacial score (nSPS) is 10.5. The average molecular weight is 266 g/mol. The number of benzene rings is 1. The number of aromatic amines is 1. The number of carbonyl (C=O) groups is 1. The van der Waals surface area contributed by atoms with Crippen LogP contribution in [-0.4, -0.2) is 33.0 Å². The Morgan fingerprint density at radius 3 is 2.47 bits per heavy atom. The first-order chi connectivity index (χ1) is 8.95. The summed E-state index contributed by atoms with van der Waals surface area (Å²) in [7, 11) is 1.51. The Balaban J connectivity index is 2.14. The van der Waals surface area contributed by atoms with E-state index in [4.69, 9.17) is 0 Å². The highest BCUT2D eigenvalue weighted by molar-refractivity contribution is 5.94. The first kappa shape index (κ1) is 13.1. The number of aromatic nitrogens is 3. The maximum Gasteiger partial charge on any atom is 0.254 e. The van der Waals surface area contributed by atoms with Crippen LogP contribution in [0.4, 0.5) is 8.78 Å². The van der Waals surface area contributed by atoms with E-state index in [9.17, 15) is 13.6 Å². The lowest BCUT2D eigenvalue weighted by atomic mass is 10.2. The molecular weight excluding hydrogens is 254 g/mol. The SMILES string of the molecule is Cc1nc(CN(C)C(=O)c2cc(F)cc(F)c2)n[nH]1. The largest absolute Gasteiger partial charge is 0.334 e. The lowest BCUT2D eigenvalue weighted by Crippen LogP contribution is -2.27. The van der Waals surface area contributed by atoms with Gasteiger partial charge in [0.25, 0.3) is 5.91 Å². The van der Waals surface area contributed by atoms with Crippen LogP contribution in [0.15, 0.2) is 18.2 Å². The zero-order chi connectivity index (χ0) is 14.0. The third-order valence-corrected chi connectivity index (χ3v) is 2.48. The van der Waals surface area contributed by atoms with Crippen LogP contribution in [0.1, 0.15) is 22.0 Å². The maximum absolute atomic E-state index is 13.0. The summed E-state index contributed by atoms with van der Waals surface area (Å²) in [5.41, 5.74) is -0.0488. The molecule has 0 saturated heterocycles. The average Bonchev–Trinajstić information content (AvgIpc) is 2.72. The summed E-state index contributed by atoms with van der Waals surface area (Å²) in [6.07, 6.45) is 0. The minimum atomic E-state index is -0.787. The van der Waals surface area contributed by atoms with Crippen LogP contribution < -0.4 is 0 Å². The van der Waals surface area contributed by atoms with Crippen LogP contribution in [0.5, 0.6) is 0 Å². The Bertz CT molecular complexity index is 591. The van der Waals surface area contributed by atoms with E-state index < -0.39 is 17.5 Å². The Morgan fingerprint density at radius 2 is 1.95 bits per heavy atom. The van der Waals surface area contributed by atoms with Gasteiger partial charge in [0.1, 0.15) is 17.5 Å². The van der Waals surface area contributed by atoms with Crippen molar-refractivity contribution in [2.45, 2.75) is 13.5 Å². The molecule has 0 saturated carbocycles. The molecule has 2 rings (SSSR count). The van der Waals surface area contributed by atoms with Crippen molar-refractivity contribution in [3.05, 3.63) is 47.0 Å². The van der Waals surface area contributed by atoms with Crippen molar-refractivity contribution in [1.82, 2.24) is 20.1 Å². The third kappa shape index (κ3) is 3.12. The van der Waals surface area contributed by atoms with Gasteiger partial charge in [-0.2, -0.15) is 5.10 Å². The lowest BCUT2D eigenvalue weighted by Gasteiger charge is -2.15. The quantitative estimate of drug-likeness (QED) is 0.919. The standard InChI is InChI=1S/C12H12F2N4O/c1-7-15-11(17-16-7)6-18(2)12(19)8-3-9(13)5-10(14)4-8/h3-5H,6H2,1-2H3,(H,15,16,17). The van der Waals surface area contributed by atoms with Crippen molar-refractivity contribution < 1.29 is 13.6 Å². The van der Waals surface area contributed by atoms with Gasteiger partial charge in [0.05, 0.1) is 6.54 Å². The summed E-state index contributed by atoms with van der Waals surface area (Å²) in [5, 5.41) is 6.54. The van der Waals surface area contributed by atoms with Gasteiger partial charge in [-0.1, -0.05) is 0 Å². The fourth-order valence-corrected chi connectivity index (χ4v) is 1.64. The first-order valence-electron chi connectivity index (χ1n) is 5.55. The fourth-order valence-electron chi connectivity index (χ4n) is 1.64. The number of nitrogens with zero attached hydrogens (tertiary/aromatic N) is 3. The van der Waals surface area contributed by atoms with Crippen LogP contribution in [-0.2, 0) is 6.54 Å². The molecule has 19 heavy (non-hydrogen) atoms. The van der Waals surface area contributed by atoms with Crippen LogP contribution in [0.25, 0.3) is 0 Å². The molecule has 0 bridgehead atoms. The highest BCUT2D eigenvalue weighted by atomic mass is 19.1. The Morgan fingerprint density at radius 1 is 1.32 bits per heavy atom. The summed E-state index contributed by atoms with van der Waals surface area (Å²) < 4.78 is 26.1. The minimum absolute atomic E-state index is 0.0488. The van der Waals surface area contributed by atoms with Gasteiger partial charge in [0.2, 0.25) is 0 Å². The first-order valence-corrected chi connectivity index (χ1v) is 5.55. The molecule has 100 valence electrons. The van der Waals surface area contributed by atoms with Gasteiger partial charge in [-0.3, -0.25) is 9.89 Å². The van der Waals surface area contributed by atoms with Crippen molar-refractivity contribution in [3.8, 4) is 0 Å². The number of carbonyl (C=O) groups excluding carboxylic acids is 1. The van der Waals surface area contributed by atoms with Gasteiger partial charge in [-0.15, -0.1) is 0 Å². The van der Waals surface area contributed by atoms with Gasteiger partial charge < -0.3 is 4.90 Å². The molecule has 5 nitrogen and oxygen atoms in total. The molecule has 1 aromatic heterocycles. The predicted molar refractivity (Wildman–Crippen MR) is 63.3 cm³/mol. The van der Waals surface area contributed by atoms with E-state index in [1.165, 1.54) is 11.9 Å². The number of hydrogen-bond acceptors (Lipinski definition) is 3. The summed E-state index contributed by atoms with van der Waals surface area (Å²) >= 11 is 0. The smallest absolute Gasteiger partial charge is 0.254 e. The van der Waals surface area contributed by atoms with Gasteiger partial charge in [-0.05, 0) is 19.1 Å². The maximum atomic E-state index is 13.0. The summed E-state index contributed by atoms with van der Waals surface area (Å²) in [6.45, 7) is 1.89. The Labute approximate surface area is 108 Å².